The first-order valence-corrected chi connectivity index (χ1v) is 18.8. The van der Waals surface area contributed by atoms with E-state index in [4.69, 9.17) is 4.98 Å². The molecule has 1 N–H and O–H groups in total. The standard InChI is InChI=1S/C39H29N2.C11H20O2.Ir/c1-39(2,3)34-24-26(23-25-13-4-5-14-27(25)34)38-40-35-21-12-20-33-31-18-9-7-16-29(31)28-15-6-8-17-30(28)32-19-10-11-22-36(32)41(38)37(33)35;1-10(2,3)8(12)7-9(13)11(4,5)6;/h4-22,24H,1-3H3;7,12H,1-6H3;/q-1;;/b;8-7-;. The summed E-state index contributed by atoms with van der Waals surface area (Å²) in [6, 6.07) is 47.5. The summed E-state index contributed by atoms with van der Waals surface area (Å²) in [5, 5.41) is 19.2. The van der Waals surface area contributed by atoms with E-state index in [9.17, 15) is 9.90 Å². The molecule has 0 saturated carbocycles. The van der Waals surface area contributed by atoms with Crippen LogP contribution < -0.4 is 0 Å². The number of aliphatic hydroxyl groups is 1. The van der Waals surface area contributed by atoms with Gasteiger partial charge in [0.05, 0.1) is 16.9 Å². The molecule has 281 valence electrons. The SMILES string of the molecule is CC(C)(C)C(=O)/C=C(\O)C(C)(C)C.CC(C)(C)c1cc(-c2nc3cccc4c5ccccc5c5ccccc5c5ccccc5n2c34)[c-]c2ccccc12.[Ir]. The zero-order valence-corrected chi connectivity index (χ0v) is 35.6. The number of hydrogen-bond donors (Lipinski definition) is 1. The number of imidazole rings is 1. The zero-order chi connectivity index (χ0) is 38.6. The van der Waals surface area contributed by atoms with E-state index in [0.717, 1.165) is 33.3 Å². The Balaban J connectivity index is 0.000000318. The van der Waals surface area contributed by atoms with Gasteiger partial charge in [0.25, 0.3) is 0 Å². The van der Waals surface area contributed by atoms with Gasteiger partial charge in [0, 0.05) is 53.3 Å². The molecule has 8 rings (SSSR count). The molecule has 8 aromatic rings. The molecule has 2 aromatic heterocycles. The molecule has 2 heterocycles. The predicted octanol–water partition coefficient (Wildman–Crippen LogP) is 13.5. The Hall–Kier alpha value is -5.09. The Kier molecular flexibility index (Phi) is 10.7. The average molecular weight is 902 g/mol. The molecule has 0 fully saturated rings. The number of benzene rings is 6. The van der Waals surface area contributed by atoms with Crippen molar-refractivity contribution in [2.24, 2.45) is 10.8 Å². The molecular weight excluding hydrogens is 853 g/mol. The van der Waals surface area contributed by atoms with Gasteiger partial charge in [0.15, 0.2) is 5.78 Å². The van der Waals surface area contributed by atoms with Crippen molar-refractivity contribution in [2.75, 3.05) is 0 Å². The smallest absolute Gasteiger partial charge is 0.164 e. The molecule has 0 spiro atoms. The van der Waals surface area contributed by atoms with Crippen LogP contribution in [0.25, 0.3) is 71.0 Å². The van der Waals surface area contributed by atoms with Crippen molar-refractivity contribution in [3.63, 3.8) is 0 Å². The molecule has 0 atom stereocenters. The minimum Gasteiger partial charge on any atom is -0.512 e. The number of aromatic nitrogens is 2. The first kappa shape index (κ1) is 39.6. The van der Waals surface area contributed by atoms with Crippen LogP contribution in [0.3, 0.4) is 0 Å². The minimum atomic E-state index is -0.417. The van der Waals surface area contributed by atoms with Gasteiger partial charge < -0.3 is 9.51 Å². The Morgan fingerprint density at radius 2 is 1.11 bits per heavy atom. The first-order valence-electron chi connectivity index (χ1n) is 18.8. The number of carbonyl (C=O) groups is 1. The molecule has 5 heteroatoms. The molecule has 55 heavy (non-hydrogen) atoms. The number of ketones is 1. The fourth-order valence-electron chi connectivity index (χ4n) is 7.09. The third-order valence-corrected chi connectivity index (χ3v) is 10.1. The van der Waals surface area contributed by atoms with Crippen LogP contribution in [0.15, 0.2) is 133 Å². The second-order valence-corrected chi connectivity index (χ2v) is 17.3. The maximum absolute atomic E-state index is 11.5. The summed E-state index contributed by atoms with van der Waals surface area (Å²) >= 11 is 0. The van der Waals surface area contributed by atoms with Crippen LogP contribution in [0.1, 0.15) is 67.9 Å². The number of nitrogens with zero attached hydrogens (tertiary/aromatic N) is 2. The molecule has 0 amide bonds. The van der Waals surface area contributed by atoms with Gasteiger partial charge in [-0.05, 0) is 39.1 Å². The van der Waals surface area contributed by atoms with Crippen molar-refractivity contribution in [2.45, 2.75) is 67.7 Å². The minimum absolute atomic E-state index is 0. The molecule has 0 aliphatic carbocycles. The van der Waals surface area contributed by atoms with Crippen LogP contribution in [0.2, 0.25) is 0 Å². The number of allylic oxidation sites excluding steroid dienone is 2. The van der Waals surface area contributed by atoms with Gasteiger partial charge in [-0.1, -0.05) is 170 Å². The van der Waals surface area contributed by atoms with Crippen LogP contribution >= 0.6 is 0 Å². The van der Waals surface area contributed by atoms with Crippen molar-refractivity contribution in [3.05, 3.63) is 145 Å². The van der Waals surface area contributed by atoms with Gasteiger partial charge in [-0.15, -0.1) is 29.1 Å². The van der Waals surface area contributed by atoms with E-state index in [-0.39, 0.29) is 42.5 Å². The summed E-state index contributed by atoms with van der Waals surface area (Å²) in [6.45, 7) is 18.0. The molecule has 6 aromatic carbocycles. The summed E-state index contributed by atoms with van der Waals surface area (Å²) in [7, 11) is 0. The fraction of sp³-hybridized carbons (Fsp3) is 0.240. The van der Waals surface area contributed by atoms with Crippen LogP contribution in [0, 0.1) is 16.9 Å². The van der Waals surface area contributed by atoms with Crippen molar-refractivity contribution >= 4 is 65.4 Å². The van der Waals surface area contributed by atoms with E-state index in [1.165, 1.54) is 49.3 Å². The van der Waals surface area contributed by atoms with Crippen molar-refractivity contribution < 1.29 is 30.0 Å². The monoisotopic (exact) mass is 902 g/mol. The Morgan fingerprint density at radius 1 is 0.618 bits per heavy atom. The molecule has 0 unspecified atom stereocenters. The normalized spacial score (nSPS) is 12.6. The number of para-hydroxylation sites is 2. The predicted molar refractivity (Wildman–Crippen MR) is 229 cm³/mol. The van der Waals surface area contributed by atoms with Gasteiger partial charge in [0.1, 0.15) is 5.76 Å². The van der Waals surface area contributed by atoms with E-state index in [2.05, 4.69) is 153 Å². The molecule has 0 aliphatic heterocycles. The van der Waals surface area contributed by atoms with E-state index >= 15 is 0 Å². The fourth-order valence-corrected chi connectivity index (χ4v) is 7.09. The summed E-state index contributed by atoms with van der Waals surface area (Å²) in [5.41, 5.74) is 4.72. The second kappa shape index (κ2) is 14.9. The molecule has 0 aliphatic rings. The molecular formula is C50H49IrN2O2-. The van der Waals surface area contributed by atoms with Crippen molar-refractivity contribution in [1.29, 1.82) is 0 Å². The average Bonchev–Trinajstić information content (AvgIpc) is 3.54. The zero-order valence-electron chi connectivity index (χ0n) is 33.2. The molecule has 4 nitrogen and oxygen atoms in total. The van der Waals surface area contributed by atoms with Crippen molar-refractivity contribution in [3.8, 4) is 11.4 Å². The van der Waals surface area contributed by atoms with Crippen LogP contribution in [0.5, 0.6) is 0 Å². The van der Waals surface area contributed by atoms with Gasteiger partial charge >= 0.3 is 0 Å². The summed E-state index contributed by atoms with van der Waals surface area (Å²) in [6.07, 6.45) is 1.33. The number of carbonyl (C=O) groups excluding carboxylic acids is 1. The topological polar surface area (TPSA) is 54.6 Å². The van der Waals surface area contributed by atoms with Crippen LogP contribution in [-0.4, -0.2) is 20.3 Å². The number of aliphatic hydroxyl groups excluding tert-OH is 1. The second-order valence-electron chi connectivity index (χ2n) is 17.3. The Morgan fingerprint density at radius 3 is 1.67 bits per heavy atom. The van der Waals surface area contributed by atoms with E-state index in [1.54, 1.807) is 0 Å². The quantitative estimate of drug-likeness (QED) is 0.107. The largest absolute Gasteiger partial charge is 0.512 e. The van der Waals surface area contributed by atoms with Crippen LogP contribution in [0.4, 0.5) is 0 Å². The molecule has 0 saturated heterocycles. The van der Waals surface area contributed by atoms with Gasteiger partial charge in [-0.25, -0.2) is 0 Å². The summed E-state index contributed by atoms with van der Waals surface area (Å²) in [5.74, 6) is 1.01. The Bertz CT molecular complexity index is 2810. The van der Waals surface area contributed by atoms with Crippen molar-refractivity contribution in [1.82, 2.24) is 9.38 Å². The van der Waals surface area contributed by atoms with Gasteiger partial charge in [-0.3, -0.25) is 9.78 Å². The summed E-state index contributed by atoms with van der Waals surface area (Å²) < 4.78 is 2.38. The maximum Gasteiger partial charge on any atom is 0.164 e. The number of fused-ring (bicyclic) bond motifs is 8. The van der Waals surface area contributed by atoms with Gasteiger partial charge in [0.2, 0.25) is 0 Å². The van der Waals surface area contributed by atoms with Gasteiger partial charge in [-0.2, -0.15) is 0 Å². The molecule has 0 bridgehead atoms. The maximum atomic E-state index is 11.5. The third-order valence-electron chi connectivity index (χ3n) is 10.1. The van der Waals surface area contributed by atoms with E-state index in [0.29, 0.717) is 0 Å². The van der Waals surface area contributed by atoms with E-state index in [1.807, 2.05) is 41.5 Å². The first-order chi connectivity index (χ1) is 25.5. The third kappa shape index (κ3) is 7.61. The Labute approximate surface area is 337 Å². The van der Waals surface area contributed by atoms with E-state index < -0.39 is 5.41 Å². The summed E-state index contributed by atoms with van der Waals surface area (Å²) in [4.78, 5) is 16.8. The van der Waals surface area contributed by atoms with Crippen LogP contribution in [-0.2, 0) is 30.3 Å². The number of hydrogen-bond acceptors (Lipinski definition) is 3. The molecule has 1 radical (unpaired) electrons. The number of rotatable bonds is 2.